The number of rotatable bonds is 4. The standard InChI is InChI=1S/C20H18FN3O2S2/c1-23-15-5-3-4-14(21)17(15)28-20(23)18-19(25)24(10-11-26-2)16(27-18)12-13-6-8-22-9-7-13/h3-9,12H,10-11H2,1-2H3/b16-12-,20-18+. The summed E-state index contributed by atoms with van der Waals surface area (Å²) < 4.78 is 22.5. The van der Waals surface area contributed by atoms with Crippen LogP contribution in [0.1, 0.15) is 5.56 Å². The summed E-state index contributed by atoms with van der Waals surface area (Å²) in [5.74, 6) is -0.274. The van der Waals surface area contributed by atoms with Crippen molar-refractivity contribution < 1.29 is 9.13 Å². The van der Waals surface area contributed by atoms with Gasteiger partial charge in [-0.3, -0.25) is 14.3 Å². The predicted molar refractivity (Wildman–Crippen MR) is 112 cm³/mol. The van der Waals surface area contributed by atoms with E-state index in [-0.39, 0.29) is 11.4 Å². The van der Waals surface area contributed by atoms with Crippen LogP contribution >= 0.6 is 23.1 Å². The van der Waals surface area contributed by atoms with Crippen LogP contribution in [0.25, 0.3) is 11.1 Å². The second kappa shape index (κ2) is 7.90. The van der Waals surface area contributed by atoms with E-state index in [0.29, 0.717) is 22.6 Å². The first-order valence-corrected chi connectivity index (χ1v) is 10.3. The number of hydrogen-bond donors (Lipinski definition) is 0. The van der Waals surface area contributed by atoms with E-state index in [9.17, 15) is 9.18 Å². The van der Waals surface area contributed by atoms with Gasteiger partial charge >= 0.3 is 0 Å². The van der Waals surface area contributed by atoms with E-state index in [2.05, 4.69) is 4.98 Å². The zero-order chi connectivity index (χ0) is 19.7. The molecule has 28 heavy (non-hydrogen) atoms. The van der Waals surface area contributed by atoms with Crippen LogP contribution in [0.15, 0.2) is 52.4 Å². The minimum atomic E-state index is -0.274. The molecule has 0 atom stereocenters. The molecule has 3 aromatic rings. The number of ether oxygens (including phenoxy) is 1. The number of fused-ring (bicyclic) bond motifs is 1. The van der Waals surface area contributed by atoms with Crippen molar-refractivity contribution in [1.29, 1.82) is 0 Å². The third-order valence-electron chi connectivity index (χ3n) is 4.43. The average molecular weight is 416 g/mol. The Kier molecular flexibility index (Phi) is 5.34. The zero-order valence-electron chi connectivity index (χ0n) is 15.4. The molecule has 0 spiro atoms. The van der Waals surface area contributed by atoms with E-state index < -0.39 is 0 Å². The van der Waals surface area contributed by atoms with Crippen molar-refractivity contribution in [1.82, 2.24) is 9.55 Å². The second-order valence-corrected chi connectivity index (χ2v) is 8.23. The molecule has 2 aromatic heterocycles. The summed E-state index contributed by atoms with van der Waals surface area (Å²) in [5, 5.41) is 0.746. The van der Waals surface area contributed by atoms with Crippen LogP contribution in [0, 0.1) is 5.82 Å². The van der Waals surface area contributed by atoms with Gasteiger partial charge in [-0.25, -0.2) is 4.39 Å². The smallest absolute Gasteiger partial charge is 0.271 e. The molecule has 0 saturated carbocycles. The molecule has 1 aliphatic rings. The quantitative estimate of drug-likeness (QED) is 0.654. The summed E-state index contributed by atoms with van der Waals surface area (Å²) in [5.41, 5.74) is 1.64. The van der Waals surface area contributed by atoms with Crippen molar-refractivity contribution >= 4 is 39.9 Å². The summed E-state index contributed by atoms with van der Waals surface area (Å²) in [6.45, 7) is 0.881. The Hall–Kier alpha value is -2.42. The molecule has 1 aliphatic heterocycles. The van der Waals surface area contributed by atoms with Crippen LogP contribution in [0.4, 0.5) is 10.1 Å². The van der Waals surface area contributed by atoms with Gasteiger partial charge in [-0.05, 0) is 35.9 Å². The van der Waals surface area contributed by atoms with Gasteiger partial charge in [-0.1, -0.05) is 17.8 Å². The van der Waals surface area contributed by atoms with E-state index in [4.69, 9.17) is 4.74 Å². The van der Waals surface area contributed by atoms with Crippen LogP contribution in [0.5, 0.6) is 0 Å². The fourth-order valence-corrected chi connectivity index (χ4v) is 5.44. The number of thioether (sulfide) groups is 1. The minimum Gasteiger partial charge on any atom is -0.383 e. The largest absolute Gasteiger partial charge is 0.383 e. The normalized spacial score (nSPS) is 16.0. The summed E-state index contributed by atoms with van der Waals surface area (Å²) in [6, 6.07) is 8.76. The summed E-state index contributed by atoms with van der Waals surface area (Å²) in [7, 11) is 3.47. The Bertz CT molecular complexity index is 1190. The van der Waals surface area contributed by atoms with Crippen LogP contribution in [0.3, 0.4) is 0 Å². The number of methoxy groups -OCH3 is 1. The molecule has 5 nitrogen and oxygen atoms in total. The van der Waals surface area contributed by atoms with Gasteiger partial charge in [0.1, 0.15) is 15.4 Å². The molecule has 0 unspecified atom stereocenters. The summed E-state index contributed by atoms with van der Waals surface area (Å²) >= 11 is 2.71. The lowest BCUT2D eigenvalue weighted by molar-refractivity contribution is 0.186. The minimum absolute atomic E-state index is 0.0927. The number of aromatic nitrogens is 2. The molecule has 144 valence electrons. The highest BCUT2D eigenvalue weighted by molar-refractivity contribution is 8.08. The second-order valence-electron chi connectivity index (χ2n) is 6.20. The molecule has 0 fully saturated rings. The fourth-order valence-electron chi connectivity index (χ4n) is 3.00. The van der Waals surface area contributed by atoms with Crippen LogP contribution in [0.2, 0.25) is 0 Å². The molecule has 4 rings (SSSR count). The van der Waals surface area contributed by atoms with Gasteiger partial charge in [0.15, 0.2) is 0 Å². The lowest BCUT2D eigenvalue weighted by Gasteiger charge is -2.12. The Morgan fingerprint density at radius 2 is 2.04 bits per heavy atom. The molecule has 0 amide bonds. The predicted octanol–water partition coefficient (Wildman–Crippen LogP) is 2.23. The average Bonchev–Trinajstić information content (AvgIpc) is 3.19. The third kappa shape index (κ3) is 3.39. The lowest BCUT2D eigenvalue weighted by Crippen LogP contribution is -2.34. The maximum Gasteiger partial charge on any atom is 0.271 e. The highest BCUT2D eigenvalue weighted by Crippen LogP contribution is 2.46. The van der Waals surface area contributed by atoms with Crippen molar-refractivity contribution in [3.8, 4) is 0 Å². The van der Waals surface area contributed by atoms with Gasteiger partial charge in [0.2, 0.25) is 0 Å². The number of halogens is 1. The molecule has 0 bridgehead atoms. The monoisotopic (exact) mass is 415 g/mol. The van der Waals surface area contributed by atoms with E-state index >= 15 is 0 Å². The van der Waals surface area contributed by atoms with E-state index in [1.54, 1.807) is 30.1 Å². The van der Waals surface area contributed by atoms with Crippen molar-refractivity contribution in [2.45, 2.75) is 11.4 Å². The summed E-state index contributed by atoms with van der Waals surface area (Å²) in [6.07, 6.45) is 5.39. The van der Waals surface area contributed by atoms with Crippen LogP contribution in [-0.4, -0.2) is 30.3 Å². The SMILES string of the molecule is COCCn1c(=O)/c(=C2\Sc3c(F)cccc3N2C)s/c1=C\c1ccncc1. The highest BCUT2D eigenvalue weighted by atomic mass is 32.2. The van der Waals surface area contributed by atoms with Crippen molar-refractivity contribution in [3.05, 3.63) is 73.7 Å². The number of nitrogens with zero attached hydrogens (tertiary/aromatic N) is 3. The molecule has 0 radical (unpaired) electrons. The number of pyridine rings is 1. The molecule has 0 saturated heterocycles. The Labute approximate surface area is 169 Å². The number of hydrogen-bond acceptors (Lipinski definition) is 6. The van der Waals surface area contributed by atoms with E-state index in [0.717, 1.165) is 20.9 Å². The molecule has 0 aliphatic carbocycles. The van der Waals surface area contributed by atoms with Crippen molar-refractivity contribution in [2.24, 2.45) is 0 Å². The number of anilines is 1. The Morgan fingerprint density at radius 3 is 2.75 bits per heavy atom. The van der Waals surface area contributed by atoms with Crippen LogP contribution < -0.4 is 19.7 Å². The molecular formula is C20H18FN3O2S2. The first-order valence-electron chi connectivity index (χ1n) is 8.65. The summed E-state index contributed by atoms with van der Waals surface area (Å²) in [4.78, 5) is 19.7. The topological polar surface area (TPSA) is 47.4 Å². The molecule has 3 heterocycles. The third-order valence-corrected chi connectivity index (χ3v) is 6.96. The van der Waals surface area contributed by atoms with Gasteiger partial charge in [-0.2, -0.15) is 0 Å². The van der Waals surface area contributed by atoms with Crippen molar-refractivity contribution in [2.75, 3.05) is 25.7 Å². The van der Waals surface area contributed by atoms with Crippen LogP contribution in [-0.2, 0) is 11.3 Å². The lowest BCUT2D eigenvalue weighted by atomic mass is 10.3. The molecule has 1 aromatic carbocycles. The first-order chi connectivity index (χ1) is 13.6. The first kappa shape index (κ1) is 18.9. The molecular weight excluding hydrogens is 397 g/mol. The van der Waals surface area contributed by atoms with Gasteiger partial charge in [0.05, 0.1) is 28.4 Å². The maximum atomic E-state index is 14.2. The maximum absolute atomic E-state index is 14.2. The van der Waals surface area contributed by atoms with Gasteiger partial charge in [0, 0.05) is 26.6 Å². The van der Waals surface area contributed by atoms with Crippen molar-refractivity contribution in [3.63, 3.8) is 0 Å². The Morgan fingerprint density at radius 1 is 1.25 bits per heavy atom. The number of benzene rings is 1. The zero-order valence-corrected chi connectivity index (χ0v) is 17.0. The van der Waals surface area contributed by atoms with Gasteiger partial charge < -0.3 is 9.64 Å². The number of thiazole rings is 1. The Balaban J connectivity index is 1.92. The fraction of sp³-hybridized carbons (Fsp3) is 0.200. The molecule has 0 N–H and O–H groups in total. The van der Waals surface area contributed by atoms with E-state index in [1.165, 1.54) is 29.2 Å². The van der Waals surface area contributed by atoms with Gasteiger partial charge in [-0.15, -0.1) is 11.3 Å². The highest BCUT2D eigenvalue weighted by Gasteiger charge is 2.27. The van der Waals surface area contributed by atoms with E-state index in [1.807, 2.05) is 36.2 Å². The van der Waals surface area contributed by atoms with Gasteiger partial charge in [0.25, 0.3) is 5.56 Å². The molecule has 8 heteroatoms.